The number of nitrogens with zero attached hydrogens (tertiary/aromatic N) is 2. The number of aliphatic carboxylic acids is 1. The average Bonchev–Trinajstić information content (AvgIpc) is 3.54. The van der Waals surface area contributed by atoms with Crippen molar-refractivity contribution >= 4 is 33.4 Å². The molecule has 7 heteroatoms. The van der Waals surface area contributed by atoms with E-state index in [2.05, 4.69) is 31.4 Å². The van der Waals surface area contributed by atoms with Crippen LogP contribution in [0, 0.1) is 6.92 Å². The van der Waals surface area contributed by atoms with Crippen LogP contribution in [-0.4, -0.2) is 21.2 Å². The third kappa shape index (κ3) is 3.69. The van der Waals surface area contributed by atoms with Gasteiger partial charge in [-0.2, -0.15) is 0 Å². The molecule has 1 saturated carbocycles. The summed E-state index contributed by atoms with van der Waals surface area (Å²) < 4.78 is 6.34. The highest BCUT2D eigenvalue weighted by Crippen LogP contribution is 2.48. The fourth-order valence-corrected chi connectivity index (χ4v) is 4.21. The number of anilines is 2. The van der Waals surface area contributed by atoms with Crippen LogP contribution >= 0.6 is 15.9 Å². The van der Waals surface area contributed by atoms with E-state index in [-0.39, 0.29) is 0 Å². The van der Waals surface area contributed by atoms with E-state index in [0.717, 1.165) is 38.2 Å². The first-order valence-corrected chi connectivity index (χ1v) is 11.1. The van der Waals surface area contributed by atoms with E-state index in [1.165, 1.54) is 0 Å². The summed E-state index contributed by atoms with van der Waals surface area (Å²) >= 11 is 3.38. The van der Waals surface area contributed by atoms with E-state index in [4.69, 9.17) is 4.52 Å². The van der Waals surface area contributed by atoms with Gasteiger partial charge in [0.15, 0.2) is 5.76 Å². The van der Waals surface area contributed by atoms with Crippen molar-refractivity contribution in [2.45, 2.75) is 25.2 Å². The number of halogens is 1. The zero-order chi connectivity index (χ0) is 22.3. The number of carboxylic acids is 1. The monoisotopic (exact) mass is 489 g/mol. The summed E-state index contributed by atoms with van der Waals surface area (Å²) in [6, 6.07) is 21.5. The minimum atomic E-state index is -0.737. The summed E-state index contributed by atoms with van der Waals surface area (Å²) in [5.41, 5.74) is 4.68. The number of hydrogen-bond donors (Lipinski definition) is 2. The second kappa shape index (κ2) is 7.91. The van der Waals surface area contributed by atoms with E-state index >= 15 is 0 Å². The summed E-state index contributed by atoms with van der Waals surface area (Å²) in [7, 11) is 0. The zero-order valence-electron chi connectivity index (χ0n) is 17.3. The van der Waals surface area contributed by atoms with Crippen molar-refractivity contribution in [1.29, 1.82) is 0 Å². The lowest BCUT2D eigenvalue weighted by atomic mass is 9.93. The van der Waals surface area contributed by atoms with E-state index in [1.807, 2.05) is 73.7 Å². The van der Waals surface area contributed by atoms with Crippen molar-refractivity contribution in [3.8, 4) is 22.5 Å². The highest BCUT2D eigenvalue weighted by molar-refractivity contribution is 9.10. The highest BCUT2D eigenvalue weighted by atomic mass is 79.9. The molecule has 1 aliphatic carbocycles. The molecule has 2 aromatic carbocycles. The van der Waals surface area contributed by atoms with Gasteiger partial charge in [0.05, 0.1) is 5.41 Å². The van der Waals surface area contributed by atoms with E-state index in [1.54, 1.807) is 0 Å². The Morgan fingerprint density at radius 1 is 1.00 bits per heavy atom. The maximum Gasteiger partial charge on any atom is 0.314 e. The average molecular weight is 490 g/mol. The standard InChI is InChI=1S/C25H20BrN3O3/c1-15-22(28-21-4-2-3-20(26)27-21)23(32-29-15)18-7-5-16(6-8-18)17-9-11-19(12-10-17)25(13-14-25)24(30)31/h2-12H,13-14H2,1H3,(H,27,28)(H,30,31). The highest BCUT2D eigenvalue weighted by Gasteiger charge is 2.51. The summed E-state index contributed by atoms with van der Waals surface area (Å²) in [6.45, 7) is 1.88. The Hall–Kier alpha value is -3.45. The normalized spacial score (nSPS) is 14.2. The predicted molar refractivity (Wildman–Crippen MR) is 126 cm³/mol. The van der Waals surface area contributed by atoms with E-state index < -0.39 is 11.4 Å². The van der Waals surface area contributed by atoms with Gasteiger partial charge in [-0.15, -0.1) is 0 Å². The fourth-order valence-electron chi connectivity index (χ4n) is 3.87. The van der Waals surface area contributed by atoms with Gasteiger partial charge < -0.3 is 14.9 Å². The van der Waals surface area contributed by atoms with Crippen LogP contribution in [0.5, 0.6) is 0 Å². The lowest BCUT2D eigenvalue weighted by molar-refractivity contribution is -0.140. The number of nitrogens with one attached hydrogen (secondary N) is 1. The molecule has 32 heavy (non-hydrogen) atoms. The summed E-state index contributed by atoms with van der Waals surface area (Å²) in [6.07, 6.45) is 1.41. The molecule has 0 atom stereocenters. The van der Waals surface area contributed by atoms with Crippen LogP contribution in [0.4, 0.5) is 11.5 Å². The zero-order valence-corrected chi connectivity index (χ0v) is 18.9. The van der Waals surface area contributed by atoms with Crippen molar-refractivity contribution < 1.29 is 14.4 Å². The SMILES string of the molecule is Cc1noc(-c2ccc(-c3ccc(C4(C(=O)O)CC4)cc3)cc2)c1Nc1cccc(Br)n1. The van der Waals surface area contributed by atoms with Crippen molar-refractivity contribution in [1.82, 2.24) is 10.1 Å². The fraction of sp³-hybridized carbons (Fsp3) is 0.160. The van der Waals surface area contributed by atoms with Gasteiger partial charge in [-0.05, 0) is 64.5 Å². The molecular weight excluding hydrogens is 470 g/mol. The molecule has 0 aliphatic heterocycles. The van der Waals surface area contributed by atoms with Gasteiger partial charge in [0, 0.05) is 5.56 Å². The Kier molecular flexibility index (Phi) is 5.06. The molecule has 4 aromatic rings. The molecular formula is C25H20BrN3O3. The van der Waals surface area contributed by atoms with Gasteiger partial charge in [-0.3, -0.25) is 4.79 Å². The molecule has 5 rings (SSSR count). The Bertz CT molecular complexity index is 1290. The van der Waals surface area contributed by atoms with Gasteiger partial charge in [0.2, 0.25) is 0 Å². The number of aryl methyl sites for hydroxylation is 1. The topological polar surface area (TPSA) is 88.2 Å². The van der Waals surface area contributed by atoms with Crippen LogP contribution in [0.3, 0.4) is 0 Å². The smallest absolute Gasteiger partial charge is 0.314 e. The van der Waals surface area contributed by atoms with E-state index in [9.17, 15) is 9.90 Å². The van der Waals surface area contributed by atoms with Gasteiger partial charge in [0.25, 0.3) is 0 Å². The van der Waals surface area contributed by atoms with Gasteiger partial charge >= 0.3 is 5.97 Å². The molecule has 0 unspecified atom stereocenters. The number of hydrogen-bond acceptors (Lipinski definition) is 5. The number of benzene rings is 2. The minimum Gasteiger partial charge on any atom is -0.481 e. The van der Waals surface area contributed by atoms with Gasteiger partial charge in [-0.25, -0.2) is 4.98 Å². The second-order valence-corrected chi connectivity index (χ2v) is 8.80. The van der Waals surface area contributed by atoms with Crippen LogP contribution in [0.1, 0.15) is 24.1 Å². The molecule has 0 radical (unpaired) electrons. The summed E-state index contributed by atoms with van der Waals surface area (Å²) in [4.78, 5) is 16.0. The molecule has 0 spiro atoms. The Labute approximate surface area is 193 Å². The van der Waals surface area contributed by atoms with Gasteiger partial charge in [0.1, 0.15) is 21.8 Å². The van der Waals surface area contributed by atoms with Crippen LogP contribution in [0.2, 0.25) is 0 Å². The third-order valence-electron chi connectivity index (χ3n) is 5.91. The lowest BCUT2D eigenvalue weighted by Crippen LogP contribution is -2.19. The maximum atomic E-state index is 11.5. The molecule has 160 valence electrons. The molecule has 0 amide bonds. The molecule has 6 nitrogen and oxygen atoms in total. The van der Waals surface area contributed by atoms with E-state index in [0.29, 0.717) is 24.4 Å². The number of aromatic nitrogens is 2. The van der Waals surface area contributed by atoms with Crippen molar-refractivity contribution in [2.24, 2.45) is 0 Å². The minimum absolute atomic E-state index is 0.642. The number of pyridine rings is 1. The summed E-state index contributed by atoms with van der Waals surface area (Å²) in [5, 5.41) is 16.9. The predicted octanol–water partition coefficient (Wildman–Crippen LogP) is 6.33. The van der Waals surface area contributed by atoms with Crippen molar-refractivity contribution in [3.63, 3.8) is 0 Å². The lowest BCUT2D eigenvalue weighted by Gasteiger charge is -2.11. The molecule has 1 aliphatic rings. The van der Waals surface area contributed by atoms with Crippen molar-refractivity contribution in [2.75, 3.05) is 5.32 Å². The number of carbonyl (C=O) groups is 1. The Morgan fingerprint density at radius 2 is 1.62 bits per heavy atom. The maximum absolute atomic E-state index is 11.5. The number of carboxylic acid groups (broad SMARTS) is 1. The molecule has 0 bridgehead atoms. The van der Waals surface area contributed by atoms with Gasteiger partial charge in [-0.1, -0.05) is 59.8 Å². The Morgan fingerprint density at radius 3 is 2.22 bits per heavy atom. The third-order valence-corrected chi connectivity index (χ3v) is 6.35. The quantitative estimate of drug-likeness (QED) is 0.307. The molecule has 0 saturated heterocycles. The van der Waals surface area contributed by atoms with Crippen LogP contribution in [0.25, 0.3) is 22.5 Å². The largest absolute Gasteiger partial charge is 0.481 e. The second-order valence-electron chi connectivity index (χ2n) is 7.98. The Balaban J connectivity index is 1.39. The first-order chi connectivity index (χ1) is 15.5. The van der Waals surface area contributed by atoms with Crippen LogP contribution in [-0.2, 0) is 10.2 Å². The van der Waals surface area contributed by atoms with Crippen LogP contribution < -0.4 is 5.32 Å². The molecule has 2 heterocycles. The summed E-state index contributed by atoms with van der Waals surface area (Å²) in [5.74, 6) is 0.598. The molecule has 1 fully saturated rings. The molecule has 2 N–H and O–H groups in total. The first kappa shape index (κ1) is 20.5. The van der Waals surface area contributed by atoms with Crippen molar-refractivity contribution in [3.05, 3.63) is 82.6 Å². The first-order valence-electron chi connectivity index (χ1n) is 10.3. The molecule has 2 aromatic heterocycles. The van der Waals surface area contributed by atoms with Crippen LogP contribution in [0.15, 0.2) is 75.9 Å². The number of rotatable bonds is 6.